The highest BCUT2D eigenvalue weighted by molar-refractivity contribution is 8.93. The van der Waals surface area contributed by atoms with Crippen LogP contribution < -0.4 is 11.1 Å². The topological polar surface area (TPSA) is 80.9 Å². The minimum Gasteiger partial charge on any atom is -0.322 e. The van der Waals surface area contributed by atoms with Crippen molar-refractivity contribution < 1.29 is 18.0 Å². The number of nitrogens with one attached hydrogen (secondary N) is 1. The first kappa shape index (κ1) is 19.8. The highest BCUT2D eigenvalue weighted by Crippen LogP contribution is 2.35. The van der Waals surface area contributed by atoms with Crippen LogP contribution in [0, 0.1) is 0 Å². The number of nitrogens with two attached hydrogens (primary N) is 1. The van der Waals surface area contributed by atoms with Gasteiger partial charge in [-0.2, -0.15) is 13.2 Å². The van der Waals surface area contributed by atoms with Crippen LogP contribution in [0.15, 0.2) is 18.5 Å². The third-order valence-corrected chi connectivity index (χ3v) is 4.04. The van der Waals surface area contributed by atoms with Crippen molar-refractivity contribution in [2.75, 3.05) is 5.32 Å². The van der Waals surface area contributed by atoms with E-state index in [4.69, 9.17) is 17.3 Å². The van der Waals surface area contributed by atoms with Crippen LogP contribution in [-0.2, 0) is 6.18 Å². The zero-order valence-electron chi connectivity index (χ0n) is 11.5. The minimum atomic E-state index is -4.63. The first-order valence-electron chi connectivity index (χ1n) is 5.94. The molecule has 126 valence electrons. The molecule has 2 heterocycles. The third kappa shape index (κ3) is 4.87. The average Bonchev–Trinajstić information content (AvgIpc) is 2.89. The number of aromatic nitrogens is 2. The van der Waals surface area contributed by atoms with E-state index in [1.807, 2.05) is 0 Å². The lowest BCUT2D eigenvalue weighted by molar-refractivity contribution is -0.137. The van der Waals surface area contributed by atoms with Crippen molar-refractivity contribution in [3.8, 4) is 0 Å². The molecule has 0 aromatic carbocycles. The van der Waals surface area contributed by atoms with E-state index in [-0.39, 0.29) is 33.7 Å². The Labute approximate surface area is 148 Å². The van der Waals surface area contributed by atoms with Crippen LogP contribution in [0.1, 0.15) is 33.2 Å². The highest BCUT2D eigenvalue weighted by atomic mass is 79.9. The first-order chi connectivity index (χ1) is 10.2. The SMILES string of the molecule is Br.C[C@@H](N)c1ncc(C(=O)Nc2cc(C(F)(F)F)c(Cl)cn2)s1. The summed E-state index contributed by atoms with van der Waals surface area (Å²) in [5.41, 5.74) is 4.56. The molecule has 0 spiro atoms. The molecular formula is C12H11BrClF3N4OS. The first-order valence-corrected chi connectivity index (χ1v) is 7.13. The van der Waals surface area contributed by atoms with Gasteiger partial charge in [-0.15, -0.1) is 28.3 Å². The molecule has 0 unspecified atom stereocenters. The Balaban J connectivity index is 0.00000264. The Hall–Kier alpha value is -1.23. The van der Waals surface area contributed by atoms with Crippen LogP contribution in [0.3, 0.4) is 0 Å². The number of pyridine rings is 1. The molecule has 2 aromatic heterocycles. The number of carbonyl (C=O) groups is 1. The van der Waals surface area contributed by atoms with Crippen LogP contribution in [0.5, 0.6) is 0 Å². The summed E-state index contributed by atoms with van der Waals surface area (Å²) in [7, 11) is 0. The second-order valence-electron chi connectivity index (χ2n) is 4.35. The van der Waals surface area contributed by atoms with Crippen molar-refractivity contribution in [2.24, 2.45) is 5.73 Å². The van der Waals surface area contributed by atoms with Crippen LogP contribution in [0.25, 0.3) is 0 Å². The molecule has 0 aliphatic rings. The number of alkyl halides is 3. The van der Waals surface area contributed by atoms with Gasteiger partial charge in [0.15, 0.2) is 0 Å². The number of carbonyl (C=O) groups excluding carboxylic acids is 1. The van der Waals surface area contributed by atoms with Gasteiger partial charge in [-0.3, -0.25) is 4.79 Å². The predicted molar refractivity (Wildman–Crippen MR) is 87.2 cm³/mol. The van der Waals surface area contributed by atoms with E-state index < -0.39 is 22.7 Å². The van der Waals surface area contributed by atoms with Crippen molar-refractivity contribution in [3.63, 3.8) is 0 Å². The molecular weight excluding hydrogens is 421 g/mol. The quantitative estimate of drug-likeness (QED) is 0.768. The number of anilines is 1. The van der Waals surface area contributed by atoms with Gasteiger partial charge >= 0.3 is 6.18 Å². The summed E-state index contributed by atoms with van der Waals surface area (Å²) in [6.45, 7) is 1.71. The van der Waals surface area contributed by atoms with Crippen molar-refractivity contribution in [2.45, 2.75) is 19.1 Å². The fraction of sp³-hybridized carbons (Fsp3) is 0.250. The Kier molecular flexibility index (Phi) is 6.51. The van der Waals surface area contributed by atoms with Crippen LogP contribution >= 0.6 is 39.9 Å². The molecule has 11 heteroatoms. The van der Waals surface area contributed by atoms with Gasteiger partial charge < -0.3 is 11.1 Å². The van der Waals surface area contributed by atoms with Crippen LogP contribution in [-0.4, -0.2) is 15.9 Å². The Morgan fingerprint density at radius 1 is 1.39 bits per heavy atom. The second kappa shape index (κ2) is 7.56. The molecule has 5 nitrogen and oxygen atoms in total. The summed E-state index contributed by atoms with van der Waals surface area (Å²) in [4.78, 5) is 19.8. The molecule has 0 bridgehead atoms. The zero-order valence-corrected chi connectivity index (χ0v) is 14.8. The summed E-state index contributed by atoms with van der Waals surface area (Å²) in [5.74, 6) is -0.871. The van der Waals surface area contributed by atoms with Gasteiger partial charge in [0.25, 0.3) is 5.91 Å². The fourth-order valence-electron chi connectivity index (χ4n) is 1.51. The molecule has 0 radical (unpaired) electrons. The molecule has 0 aliphatic carbocycles. The van der Waals surface area contributed by atoms with E-state index in [0.29, 0.717) is 11.1 Å². The highest BCUT2D eigenvalue weighted by Gasteiger charge is 2.34. The number of hydrogen-bond donors (Lipinski definition) is 2. The standard InChI is InChI=1S/C12H10ClF3N4OS.BrH/c1-5(17)11-19-4-8(22-11)10(21)20-9-2-6(12(14,15)16)7(13)3-18-9;/h2-5H,17H2,1H3,(H,18,20,21);1H/t5-;/m1./s1. The number of halogens is 5. The monoisotopic (exact) mass is 430 g/mol. The van der Waals surface area contributed by atoms with Crippen molar-refractivity contribution in [1.29, 1.82) is 0 Å². The van der Waals surface area contributed by atoms with Crippen molar-refractivity contribution in [1.82, 2.24) is 9.97 Å². The smallest absolute Gasteiger partial charge is 0.322 e. The van der Waals surface area contributed by atoms with Gasteiger partial charge in [0.1, 0.15) is 15.7 Å². The molecule has 2 aromatic rings. The van der Waals surface area contributed by atoms with Crippen molar-refractivity contribution in [3.05, 3.63) is 38.9 Å². The molecule has 23 heavy (non-hydrogen) atoms. The fourth-order valence-corrected chi connectivity index (χ4v) is 2.48. The van der Waals surface area contributed by atoms with Gasteiger partial charge in [0.05, 0.1) is 22.8 Å². The summed E-state index contributed by atoms with van der Waals surface area (Å²) in [6, 6.07) is 0.338. The Morgan fingerprint density at radius 2 is 2.04 bits per heavy atom. The lowest BCUT2D eigenvalue weighted by Gasteiger charge is -2.10. The Morgan fingerprint density at radius 3 is 2.57 bits per heavy atom. The zero-order chi connectivity index (χ0) is 16.5. The van der Waals surface area contributed by atoms with Gasteiger partial charge in [0, 0.05) is 6.20 Å². The normalized spacial score (nSPS) is 12.4. The molecule has 1 atom stereocenters. The van der Waals surface area contributed by atoms with Crippen LogP contribution in [0.4, 0.5) is 19.0 Å². The molecule has 3 N–H and O–H groups in total. The molecule has 1 amide bonds. The summed E-state index contributed by atoms with van der Waals surface area (Å²) >= 11 is 6.51. The number of rotatable bonds is 3. The minimum absolute atomic E-state index is 0. The molecule has 2 rings (SSSR count). The van der Waals surface area contributed by atoms with E-state index in [9.17, 15) is 18.0 Å². The Bertz CT molecular complexity index is 708. The van der Waals surface area contributed by atoms with Gasteiger partial charge in [-0.05, 0) is 13.0 Å². The van der Waals surface area contributed by atoms with Gasteiger partial charge in [-0.25, -0.2) is 9.97 Å². The van der Waals surface area contributed by atoms with Crippen molar-refractivity contribution >= 4 is 51.6 Å². The van der Waals surface area contributed by atoms with Gasteiger partial charge in [-0.1, -0.05) is 11.6 Å². The van der Waals surface area contributed by atoms with E-state index >= 15 is 0 Å². The maximum atomic E-state index is 12.7. The summed E-state index contributed by atoms with van der Waals surface area (Å²) in [5, 5.41) is 2.28. The van der Waals surface area contributed by atoms with E-state index in [0.717, 1.165) is 17.5 Å². The maximum absolute atomic E-state index is 12.7. The largest absolute Gasteiger partial charge is 0.418 e. The van der Waals surface area contributed by atoms with E-state index in [1.165, 1.54) is 6.20 Å². The number of hydrogen-bond acceptors (Lipinski definition) is 5. The predicted octanol–water partition coefficient (Wildman–Crippen LogP) is 4.06. The maximum Gasteiger partial charge on any atom is 0.418 e. The van der Waals surface area contributed by atoms with Crippen LogP contribution in [0.2, 0.25) is 5.02 Å². The number of thiazole rings is 1. The summed E-state index contributed by atoms with van der Waals surface area (Å²) in [6.07, 6.45) is -2.49. The molecule has 0 fully saturated rings. The number of nitrogens with zero attached hydrogens (tertiary/aromatic N) is 2. The number of amides is 1. The average molecular weight is 432 g/mol. The molecule has 0 saturated heterocycles. The van der Waals surface area contributed by atoms with Gasteiger partial charge in [0.2, 0.25) is 0 Å². The lowest BCUT2D eigenvalue weighted by atomic mass is 10.2. The molecule has 0 saturated carbocycles. The lowest BCUT2D eigenvalue weighted by Crippen LogP contribution is -2.13. The molecule has 0 aliphatic heterocycles. The third-order valence-electron chi connectivity index (χ3n) is 2.54. The van der Waals surface area contributed by atoms with E-state index in [1.54, 1.807) is 6.92 Å². The van der Waals surface area contributed by atoms with E-state index in [2.05, 4.69) is 15.3 Å². The second-order valence-corrected chi connectivity index (χ2v) is 5.82. The summed E-state index contributed by atoms with van der Waals surface area (Å²) < 4.78 is 38.2.